The van der Waals surface area contributed by atoms with Gasteiger partial charge in [0.05, 0.1) is 0 Å². The first-order chi connectivity index (χ1) is 6.90. The summed E-state index contributed by atoms with van der Waals surface area (Å²) in [5.41, 5.74) is 0.183. The van der Waals surface area contributed by atoms with Crippen molar-refractivity contribution in [1.82, 2.24) is 10.2 Å². The second-order valence-electron chi connectivity index (χ2n) is 5.43. The molecule has 0 aliphatic carbocycles. The Morgan fingerprint density at radius 2 is 2.13 bits per heavy atom. The van der Waals surface area contributed by atoms with Gasteiger partial charge in [-0.3, -0.25) is 0 Å². The van der Waals surface area contributed by atoms with Crippen molar-refractivity contribution >= 4 is 6.09 Å². The van der Waals surface area contributed by atoms with Crippen LogP contribution in [0.2, 0.25) is 0 Å². The number of nitrogens with zero attached hydrogens (tertiary/aromatic N) is 1. The van der Waals surface area contributed by atoms with Crippen LogP contribution in [-0.4, -0.2) is 41.8 Å². The van der Waals surface area contributed by atoms with E-state index < -0.39 is 6.09 Å². The molecule has 1 saturated heterocycles. The van der Waals surface area contributed by atoms with Crippen molar-refractivity contribution in [2.45, 2.75) is 39.7 Å². The van der Waals surface area contributed by atoms with Gasteiger partial charge in [-0.2, -0.15) is 0 Å². The molecule has 1 rings (SSSR count). The first-order valence-electron chi connectivity index (χ1n) is 5.60. The molecule has 0 spiro atoms. The van der Waals surface area contributed by atoms with Gasteiger partial charge in [-0.1, -0.05) is 20.8 Å². The topological polar surface area (TPSA) is 52.6 Å². The number of carboxylic acid groups (broad SMARTS) is 1. The van der Waals surface area contributed by atoms with Crippen molar-refractivity contribution in [2.75, 3.05) is 19.6 Å². The Labute approximate surface area is 91.6 Å². The molecule has 2 N–H and O–H groups in total. The maximum absolute atomic E-state index is 11.1. The maximum atomic E-state index is 11.1. The highest BCUT2D eigenvalue weighted by Crippen LogP contribution is 2.25. The van der Waals surface area contributed by atoms with Crippen LogP contribution in [0.3, 0.4) is 0 Å². The molecule has 0 aromatic heterocycles. The summed E-state index contributed by atoms with van der Waals surface area (Å²) in [4.78, 5) is 12.7. The summed E-state index contributed by atoms with van der Waals surface area (Å²) in [6.45, 7) is 8.77. The van der Waals surface area contributed by atoms with Crippen molar-refractivity contribution in [3.05, 3.63) is 0 Å². The lowest BCUT2D eigenvalue weighted by atomic mass is 9.86. The van der Waals surface area contributed by atoms with Gasteiger partial charge in [0.1, 0.15) is 0 Å². The first kappa shape index (κ1) is 12.3. The highest BCUT2D eigenvalue weighted by Gasteiger charge is 2.28. The summed E-state index contributed by atoms with van der Waals surface area (Å²) < 4.78 is 0. The van der Waals surface area contributed by atoms with E-state index in [0.29, 0.717) is 6.54 Å². The van der Waals surface area contributed by atoms with Gasteiger partial charge in [-0.15, -0.1) is 0 Å². The third-order valence-electron chi connectivity index (χ3n) is 2.72. The van der Waals surface area contributed by atoms with Gasteiger partial charge in [0.25, 0.3) is 0 Å². The molecular weight excluding hydrogens is 192 g/mol. The van der Waals surface area contributed by atoms with Crippen molar-refractivity contribution < 1.29 is 9.90 Å². The lowest BCUT2D eigenvalue weighted by molar-refractivity contribution is 0.112. The smallest absolute Gasteiger partial charge is 0.407 e. The largest absolute Gasteiger partial charge is 0.465 e. The minimum Gasteiger partial charge on any atom is -0.465 e. The van der Waals surface area contributed by atoms with E-state index in [0.717, 1.165) is 25.9 Å². The summed E-state index contributed by atoms with van der Waals surface area (Å²) in [5.74, 6) is 0. The van der Waals surface area contributed by atoms with Crippen LogP contribution in [0.1, 0.15) is 33.6 Å². The molecule has 0 aromatic rings. The Balaban J connectivity index is 2.66. The molecule has 15 heavy (non-hydrogen) atoms. The average molecular weight is 214 g/mol. The van der Waals surface area contributed by atoms with Crippen LogP contribution in [0.4, 0.5) is 4.79 Å². The van der Waals surface area contributed by atoms with E-state index in [1.807, 2.05) is 0 Å². The fraction of sp³-hybridized carbons (Fsp3) is 0.909. The van der Waals surface area contributed by atoms with Gasteiger partial charge in [-0.05, 0) is 24.8 Å². The second kappa shape index (κ2) is 4.84. The van der Waals surface area contributed by atoms with Crippen molar-refractivity contribution in [3.8, 4) is 0 Å². The van der Waals surface area contributed by atoms with Crippen LogP contribution in [0, 0.1) is 5.41 Å². The van der Waals surface area contributed by atoms with E-state index in [9.17, 15) is 4.79 Å². The average Bonchev–Trinajstić information content (AvgIpc) is 2.26. The van der Waals surface area contributed by atoms with E-state index in [1.165, 1.54) is 0 Å². The molecular formula is C11H22N2O2. The summed E-state index contributed by atoms with van der Waals surface area (Å²) in [7, 11) is 0. The van der Waals surface area contributed by atoms with E-state index in [2.05, 4.69) is 26.1 Å². The number of hydrogen-bond donors (Lipinski definition) is 2. The Morgan fingerprint density at radius 3 is 2.67 bits per heavy atom. The number of rotatable bonds is 1. The number of amides is 1. The highest BCUT2D eigenvalue weighted by molar-refractivity contribution is 5.65. The molecule has 88 valence electrons. The predicted octanol–water partition coefficient (Wildman–Crippen LogP) is 1.76. The standard InChI is InChI=1S/C11H22N2O2/c1-11(2,3)8-9-4-5-12-6-7-13(9)10(14)15/h9,12H,4-8H2,1-3H3,(H,14,15). The molecule has 1 aliphatic heterocycles. The monoisotopic (exact) mass is 214 g/mol. The van der Waals surface area contributed by atoms with E-state index >= 15 is 0 Å². The van der Waals surface area contributed by atoms with Crippen LogP contribution >= 0.6 is 0 Å². The Morgan fingerprint density at radius 1 is 1.47 bits per heavy atom. The minimum atomic E-state index is -0.784. The molecule has 1 heterocycles. The predicted molar refractivity (Wildman–Crippen MR) is 60.1 cm³/mol. The third-order valence-corrected chi connectivity index (χ3v) is 2.72. The maximum Gasteiger partial charge on any atom is 0.407 e. The quantitative estimate of drug-likeness (QED) is 0.699. The van der Waals surface area contributed by atoms with Gasteiger partial charge >= 0.3 is 6.09 Å². The number of carbonyl (C=O) groups is 1. The summed E-state index contributed by atoms with van der Waals surface area (Å²) in [6.07, 6.45) is 1.07. The van der Waals surface area contributed by atoms with E-state index in [-0.39, 0.29) is 11.5 Å². The lowest BCUT2D eigenvalue weighted by Crippen LogP contribution is -2.42. The van der Waals surface area contributed by atoms with Gasteiger partial charge in [-0.25, -0.2) is 4.79 Å². The SMILES string of the molecule is CC(C)(C)CC1CCNCCN1C(=O)O. The molecule has 0 bridgehead atoms. The van der Waals surface area contributed by atoms with Gasteiger partial charge < -0.3 is 15.3 Å². The van der Waals surface area contributed by atoms with Crippen LogP contribution < -0.4 is 5.32 Å². The van der Waals surface area contributed by atoms with Crippen molar-refractivity contribution in [3.63, 3.8) is 0 Å². The first-order valence-corrected chi connectivity index (χ1v) is 5.60. The zero-order valence-electron chi connectivity index (χ0n) is 9.92. The Kier molecular flexibility index (Phi) is 3.97. The van der Waals surface area contributed by atoms with Crippen LogP contribution in [0.25, 0.3) is 0 Å². The van der Waals surface area contributed by atoms with E-state index in [4.69, 9.17) is 5.11 Å². The zero-order chi connectivity index (χ0) is 11.5. The molecule has 1 aliphatic rings. The molecule has 1 fully saturated rings. The molecule has 0 aromatic carbocycles. The minimum absolute atomic E-state index is 0.164. The fourth-order valence-electron chi connectivity index (χ4n) is 2.10. The second-order valence-corrected chi connectivity index (χ2v) is 5.43. The summed E-state index contributed by atoms with van der Waals surface area (Å²) >= 11 is 0. The van der Waals surface area contributed by atoms with Crippen molar-refractivity contribution in [1.29, 1.82) is 0 Å². The molecule has 1 atom stereocenters. The van der Waals surface area contributed by atoms with Crippen LogP contribution in [0.15, 0.2) is 0 Å². The normalized spacial score (nSPS) is 23.7. The summed E-state index contributed by atoms with van der Waals surface area (Å²) in [6, 6.07) is 0.164. The van der Waals surface area contributed by atoms with E-state index in [1.54, 1.807) is 4.90 Å². The van der Waals surface area contributed by atoms with Crippen LogP contribution in [0.5, 0.6) is 0 Å². The highest BCUT2D eigenvalue weighted by atomic mass is 16.4. The van der Waals surface area contributed by atoms with Crippen LogP contribution in [-0.2, 0) is 0 Å². The fourth-order valence-corrected chi connectivity index (χ4v) is 2.10. The Hall–Kier alpha value is -0.770. The molecule has 1 amide bonds. The Bertz CT molecular complexity index is 223. The third kappa shape index (κ3) is 4.08. The lowest BCUT2D eigenvalue weighted by Gasteiger charge is -2.32. The summed E-state index contributed by atoms with van der Waals surface area (Å²) in [5, 5.41) is 12.4. The molecule has 0 saturated carbocycles. The van der Waals surface area contributed by atoms with Gasteiger partial charge in [0.2, 0.25) is 0 Å². The zero-order valence-corrected chi connectivity index (χ0v) is 9.92. The molecule has 4 heteroatoms. The molecule has 4 nitrogen and oxygen atoms in total. The molecule has 0 radical (unpaired) electrons. The van der Waals surface area contributed by atoms with Gasteiger partial charge in [0, 0.05) is 19.1 Å². The van der Waals surface area contributed by atoms with Crippen molar-refractivity contribution in [2.24, 2.45) is 5.41 Å². The molecule has 1 unspecified atom stereocenters. The number of hydrogen-bond acceptors (Lipinski definition) is 2. The number of nitrogens with one attached hydrogen (secondary N) is 1. The van der Waals surface area contributed by atoms with Gasteiger partial charge in [0.15, 0.2) is 0 Å².